The van der Waals surface area contributed by atoms with Gasteiger partial charge in [-0.2, -0.15) is 0 Å². The molecule has 28 heavy (non-hydrogen) atoms. The van der Waals surface area contributed by atoms with Crippen LogP contribution >= 0.6 is 38.6 Å². The second kappa shape index (κ2) is 9.40. The summed E-state index contributed by atoms with van der Waals surface area (Å²) in [6, 6.07) is 10.6. The van der Waals surface area contributed by atoms with Gasteiger partial charge in [0.25, 0.3) is 5.91 Å². The summed E-state index contributed by atoms with van der Waals surface area (Å²) in [5.41, 5.74) is 0.914. The fourth-order valence-corrected chi connectivity index (χ4v) is 4.29. The molecule has 6 nitrogen and oxygen atoms in total. The fourth-order valence-electron chi connectivity index (χ4n) is 2.52. The largest absolute Gasteiger partial charge is 0.339 e. The lowest BCUT2D eigenvalue weighted by Gasteiger charge is -2.22. The molecule has 0 saturated carbocycles. The molecule has 0 unspecified atom stereocenters. The zero-order chi connectivity index (χ0) is 20.1. The van der Waals surface area contributed by atoms with Gasteiger partial charge in [-0.05, 0) is 29.5 Å². The van der Waals surface area contributed by atoms with Crippen LogP contribution in [0, 0.1) is 5.92 Å². The van der Waals surface area contributed by atoms with Crippen molar-refractivity contribution in [3.05, 3.63) is 51.1 Å². The van der Waals surface area contributed by atoms with Crippen molar-refractivity contribution in [2.45, 2.75) is 26.3 Å². The number of carbonyl (C=O) groups excluding carboxylic acids is 2. The molecule has 0 bridgehead atoms. The summed E-state index contributed by atoms with van der Waals surface area (Å²) in [4.78, 5) is 25.8. The van der Waals surface area contributed by atoms with Crippen molar-refractivity contribution in [3.8, 4) is 10.6 Å². The van der Waals surface area contributed by atoms with E-state index in [2.05, 4.69) is 36.8 Å². The van der Waals surface area contributed by atoms with Crippen LogP contribution in [-0.2, 0) is 4.79 Å². The Morgan fingerprint density at radius 2 is 2.04 bits per heavy atom. The van der Waals surface area contributed by atoms with Crippen molar-refractivity contribution in [1.82, 2.24) is 15.5 Å². The van der Waals surface area contributed by atoms with E-state index in [-0.39, 0.29) is 17.7 Å². The molecule has 0 aliphatic carbocycles. The molecule has 0 fully saturated rings. The molecule has 2 atom stereocenters. The quantitative estimate of drug-likeness (QED) is 0.509. The van der Waals surface area contributed by atoms with Gasteiger partial charge in [0.2, 0.25) is 11.0 Å². The third-order valence-corrected chi connectivity index (χ3v) is 6.50. The number of carbonyl (C=O) groups is 2. The number of hydrogen-bond donors (Lipinski definition) is 2. The molecular formula is C19H19BrN4O2S2. The van der Waals surface area contributed by atoms with Gasteiger partial charge in [0.15, 0.2) is 0 Å². The van der Waals surface area contributed by atoms with Crippen LogP contribution < -0.4 is 10.6 Å². The van der Waals surface area contributed by atoms with E-state index in [1.807, 2.05) is 49.6 Å². The van der Waals surface area contributed by atoms with E-state index in [0.717, 1.165) is 16.5 Å². The van der Waals surface area contributed by atoms with E-state index >= 15 is 0 Å². The van der Waals surface area contributed by atoms with Gasteiger partial charge in [0.1, 0.15) is 11.0 Å². The third kappa shape index (κ3) is 5.03. The first kappa shape index (κ1) is 20.6. The number of anilines is 1. The van der Waals surface area contributed by atoms with Gasteiger partial charge in [0.05, 0.1) is 4.88 Å². The molecule has 0 saturated heterocycles. The highest BCUT2D eigenvalue weighted by Gasteiger charge is 2.27. The van der Waals surface area contributed by atoms with Crippen LogP contribution in [0.15, 0.2) is 46.3 Å². The van der Waals surface area contributed by atoms with E-state index in [1.165, 1.54) is 22.7 Å². The van der Waals surface area contributed by atoms with Crippen LogP contribution in [-0.4, -0.2) is 28.1 Å². The SMILES string of the molecule is CC[C@@H](C)[C@H](NC(=O)c1cccs1)C(=O)Nc1nnc(-c2cccc(Br)c2)s1. The molecule has 3 aromatic rings. The molecule has 0 aliphatic rings. The van der Waals surface area contributed by atoms with Gasteiger partial charge in [-0.15, -0.1) is 21.5 Å². The number of rotatable bonds is 7. The maximum absolute atomic E-state index is 12.8. The smallest absolute Gasteiger partial charge is 0.262 e. The van der Waals surface area contributed by atoms with E-state index in [0.29, 0.717) is 15.0 Å². The van der Waals surface area contributed by atoms with Gasteiger partial charge in [-0.3, -0.25) is 14.9 Å². The predicted octanol–water partition coefficient (Wildman–Crippen LogP) is 4.81. The predicted molar refractivity (Wildman–Crippen MR) is 117 cm³/mol. The highest BCUT2D eigenvalue weighted by molar-refractivity contribution is 9.10. The Hall–Kier alpha value is -2.10. The van der Waals surface area contributed by atoms with Crippen molar-refractivity contribution in [1.29, 1.82) is 0 Å². The molecule has 3 rings (SSSR count). The summed E-state index contributed by atoms with van der Waals surface area (Å²) in [6.07, 6.45) is 0.752. The first-order chi connectivity index (χ1) is 13.5. The van der Waals surface area contributed by atoms with Crippen LogP contribution in [0.4, 0.5) is 5.13 Å². The Morgan fingerprint density at radius 1 is 1.21 bits per heavy atom. The van der Waals surface area contributed by atoms with Crippen molar-refractivity contribution < 1.29 is 9.59 Å². The summed E-state index contributed by atoms with van der Waals surface area (Å²) in [7, 11) is 0. The van der Waals surface area contributed by atoms with Crippen LogP contribution in [0.25, 0.3) is 10.6 Å². The molecule has 2 N–H and O–H groups in total. The third-order valence-electron chi connectivity index (χ3n) is 4.25. The minimum Gasteiger partial charge on any atom is -0.339 e. The van der Waals surface area contributed by atoms with Crippen LogP contribution in [0.2, 0.25) is 0 Å². The second-order valence-electron chi connectivity index (χ2n) is 6.23. The lowest BCUT2D eigenvalue weighted by molar-refractivity contribution is -0.119. The molecule has 2 amide bonds. The Morgan fingerprint density at radius 3 is 2.71 bits per heavy atom. The second-order valence-corrected chi connectivity index (χ2v) is 9.07. The summed E-state index contributed by atoms with van der Waals surface area (Å²) in [6.45, 7) is 3.92. The number of amides is 2. The van der Waals surface area contributed by atoms with Gasteiger partial charge >= 0.3 is 0 Å². The maximum Gasteiger partial charge on any atom is 0.262 e. The number of aromatic nitrogens is 2. The minimum absolute atomic E-state index is 0.0265. The van der Waals surface area contributed by atoms with E-state index in [9.17, 15) is 9.59 Å². The zero-order valence-corrected chi connectivity index (χ0v) is 18.5. The van der Waals surface area contributed by atoms with Gasteiger partial charge < -0.3 is 5.32 Å². The number of benzene rings is 1. The molecule has 0 spiro atoms. The highest BCUT2D eigenvalue weighted by Crippen LogP contribution is 2.28. The Kier molecular flexibility index (Phi) is 6.93. The summed E-state index contributed by atoms with van der Waals surface area (Å²) >= 11 is 6.07. The van der Waals surface area contributed by atoms with Crippen molar-refractivity contribution >= 4 is 55.5 Å². The molecule has 146 valence electrons. The topological polar surface area (TPSA) is 84.0 Å². The van der Waals surface area contributed by atoms with E-state index in [1.54, 1.807) is 6.07 Å². The zero-order valence-electron chi connectivity index (χ0n) is 15.3. The van der Waals surface area contributed by atoms with Crippen molar-refractivity contribution in [2.75, 3.05) is 5.32 Å². The van der Waals surface area contributed by atoms with Gasteiger partial charge in [0, 0.05) is 10.0 Å². The van der Waals surface area contributed by atoms with Crippen LogP contribution in [0.5, 0.6) is 0 Å². The molecule has 9 heteroatoms. The van der Waals surface area contributed by atoms with E-state index < -0.39 is 6.04 Å². The average molecular weight is 479 g/mol. The molecule has 2 aromatic heterocycles. The molecule has 0 aliphatic heterocycles. The molecule has 1 aromatic carbocycles. The Balaban J connectivity index is 1.72. The first-order valence-electron chi connectivity index (χ1n) is 8.72. The number of halogens is 1. The Bertz CT molecular complexity index is 959. The normalized spacial score (nSPS) is 13.0. The fraction of sp³-hybridized carbons (Fsp3) is 0.263. The summed E-state index contributed by atoms with van der Waals surface area (Å²) in [5.74, 6) is -0.569. The lowest BCUT2D eigenvalue weighted by atomic mass is 9.98. The number of nitrogens with zero attached hydrogens (tertiary/aromatic N) is 2. The summed E-state index contributed by atoms with van der Waals surface area (Å²) in [5, 5.41) is 16.8. The van der Waals surface area contributed by atoms with Crippen LogP contribution in [0.3, 0.4) is 0 Å². The highest BCUT2D eigenvalue weighted by atomic mass is 79.9. The van der Waals surface area contributed by atoms with Crippen molar-refractivity contribution in [2.24, 2.45) is 5.92 Å². The first-order valence-corrected chi connectivity index (χ1v) is 11.2. The standard InChI is InChI=1S/C19H19BrN4O2S2/c1-3-11(2)15(21-16(25)14-8-5-9-27-14)17(26)22-19-24-23-18(28-19)12-6-4-7-13(20)10-12/h4-11,15H,3H2,1-2H3,(H,21,25)(H,22,24,26)/t11-,15+/m1/s1. The van der Waals surface area contributed by atoms with Gasteiger partial charge in [-0.1, -0.05) is 65.7 Å². The molecular weight excluding hydrogens is 460 g/mol. The monoisotopic (exact) mass is 478 g/mol. The number of thiophene rings is 1. The van der Waals surface area contributed by atoms with Gasteiger partial charge in [-0.25, -0.2) is 0 Å². The summed E-state index contributed by atoms with van der Waals surface area (Å²) < 4.78 is 0.943. The van der Waals surface area contributed by atoms with Crippen LogP contribution in [0.1, 0.15) is 29.9 Å². The minimum atomic E-state index is -0.655. The molecule has 2 heterocycles. The Labute approximate surface area is 179 Å². The average Bonchev–Trinajstić information content (AvgIpc) is 3.37. The lowest BCUT2D eigenvalue weighted by Crippen LogP contribution is -2.47. The van der Waals surface area contributed by atoms with E-state index in [4.69, 9.17) is 0 Å². The number of nitrogens with one attached hydrogen (secondary N) is 2. The molecule has 0 radical (unpaired) electrons. The number of hydrogen-bond acceptors (Lipinski definition) is 6. The van der Waals surface area contributed by atoms with Crippen molar-refractivity contribution in [3.63, 3.8) is 0 Å². The maximum atomic E-state index is 12.8.